The molecule has 0 saturated heterocycles. The topological polar surface area (TPSA) is 9.23 Å². The molecule has 0 atom stereocenters. The summed E-state index contributed by atoms with van der Waals surface area (Å²) in [6, 6.07) is 8.25. The van der Waals surface area contributed by atoms with Gasteiger partial charge in [-0.25, -0.2) is 0 Å². The molecule has 0 spiro atoms. The van der Waals surface area contributed by atoms with E-state index in [2.05, 4.69) is 25.6 Å². The minimum atomic E-state index is 0.662. The summed E-state index contributed by atoms with van der Waals surface area (Å²) in [5, 5.41) is 0. The molecule has 1 heteroatoms. The van der Waals surface area contributed by atoms with Gasteiger partial charge in [0.15, 0.2) is 0 Å². The van der Waals surface area contributed by atoms with Gasteiger partial charge in [0.25, 0.3) is 0 Å². The molecule has 0 heterocycles. The zero-order chi connectivity index (χ0) is 9.68. The Morgan fingerprint density at radius 3 is 2.69 bits per heavy atom. The van der Waals surface area contributed by atoms with Gasteiger partial charge in [-0.3, -0.25) is 0 Å². The van der Waals surface area contributed by atoms with E-state index in [4.69, 9.17) is 4.74 Å². The highest BCUT2D eigenvalue weighted by atomic mass is 16.5. The van der Waals surface area contributed by atoms with E-state index in [1.165, 1.54) is 16.7 Å². The summed E-state index contributed by atoms with van der Waals surface area (Å²) >= 11 is 0. The molecule has 0 aliphatic rings. The lowest BCUT2D eigenvalue weighted by molar-refractivity contribution is 0.184. The molecule has 1 nitrogen and oxygen atoms in total. The van der Waals surface area contributed by atoms with E-state index in [0.29, 0.717) is 6.61 Å². The van der Waals surface area contributed by atoms with Gasteiger partial charge in [0, 0.05) is 7.11 Å². The Labute approximate surface area is 80.0 Å². The fourth-order valence-electron chi connectivity index (χ4n) is 1.34. The van der Waals surface area contributed by atoms with Crippen LogP contribution in [-0.4, -0.2) is 7.11 Å². The first kappa shape index (κ1) is 10.0. The second-order valence-corrected chi connectivity index (χ2v) is 3.05. The first-order valence-corrected chi connectivity index (χ1v) is 4.54. The van der Waals surface area contributed by atoms with Crippen molar-refractivity contribution >= 4 is 5.57 Å². The Bertz CT molecular complexity index is 289. The molecule has 70 valence electrons. The van der Waals surface area contributed by atoms with Crippen molar-refractivity contribution < 1.29 is 4.74 Å². The molecule has 1 aromatic rings. The van der Waals surface area contributed by atoms with Gasteiger partial charge in [-0.2, -0.15) is 0 Å². The summed E-state index contributed by atoms with van der Waals surface area (Å²) in [4.78, 5) is 0. The van der Waals surface area contributed by atoms with Crippen molar-refractivity contribution in [3.63, 3.8) is 0 Å². The van der Waals surface area contributed by atoms with Crippen LogP contribution in [0.1, 0.15) is 24.5 Å². The molecule has 0 fully saturated rings. The van der Waals surface area contributed by atoms with Gasteiger partial charge in [0.1, 0.15) is 0 Å². The second kappa shape index (κ2) is 4.83. The van der Waals surface area contributed by atoms with E-state index >= 15 is 0 Å². The SMILES string of the molecule is C=C(CC)c1ccccc1COC. The third kappa shape index (κ3) is 2.43. The van der Waals surface area contributed by atoms with Gasteiger partial charge >= 0.3 is 0 Å². The zero-order valence-electron chi connectivity index (χ0n) is 8.34. The highest BCUT2D eigenvalue weighted by molar-refractivity contribution is 5.65. The number of ether oxygens (including phenoxy) is 1. The fraction of sp³-hybridized carbons (Fsp3) is 0.333. The largest absolute Gasteiger partial charge is 0.380 e. The van der Waals surface area contributed by atoms with Crippen molar-refractivity contribution in [2.24, 2.45) is 0 Å². The summed E-state index contributed by atoms with van der Waals surface area (Å²) in [5.41, 5.74) is 3.62. The minimum Gasteiger partial charge on any atom is -0.380 e. The van der Waals surface area contributed by atoms with Crippen LogP contribution in [0.3, 0.4) is 0 Å². The van der Waals surface area contributed by atoms with Gasteiger partial charge in [-0.15, -0.1) is 0 Å². The molecule has 13 heavy (non-hydrogen) atoms. The molecular weight excluding hydrogens is 160 g/mol. The molecule has 0 saturated carbocycles. The summed E-state index contributed by atoms with van der Waals surface area (Å²) in [7, 11) is 1.71. The van der Waals surface area contributed by atoms with Crippen molar-refractivity contribution in [3.8, 4) is 0 Å². The van der Waals surface area contributed by atoms with Crippen LogP contribution in [-0.2, 0) is 11.3 Å². The number of hydrogen-bond acceptors (Lipinski definition) is 1. The molecule has 0 bridgehead atoms. The number of benzene rings is 1. The summed E-state index contributed by atoms with van der Waals surface area (Å²) in [6.45, 7) is 6.81. The van der Waals surface area contributed by atoms with Crippen molar-refractivity contribution in [3.05, 3.63) is 42.0 Å². The highest BCUT2D eigenvalue weighted by Gasteiger charge is 2.02. The summed E-state index contributed by atoms with van der Waals surface area (Å²) < 4.78 is 5.12. The quantitative estimate of drug-likeness (QED) is 0.684. The van der Waals surface area contributed by atoms with E-state index in [1.54, 1.807) is 7.11 Å². The molecule has 0 amide bonds. The lowest BCUT2D eigenvalue weighted by Gasteiger charge is -2.09. The smallest absolute Gasteiger partial charge is 0.0718 e. The van der Waals surface area contributed by atoms with Crippen molar-refractivity contribution in [2.75, 3.05) is 7.11 Å². The van der Waals surface area contributed by atoms with Crippen LogP contribution in [0.2, 0.25) is 0 Å². The molecule has 0 aliphatic heterocycles. The zero-order valence-corrected chi connectivity index (χ0v) is 8.34. The molecule has 1 rings (SSSR count). The first-order valence-electron chi connectivity index (χ1n) is 4.54. The third-order valence-electron chi connectivity index (χ3n) is 2.12. The molecule has 0 N–H and O–H groups in total. The second-order valence-electron chi connectivity index (χ2n) is 3.05. The van der Waals surface area contributed by atoms with Crippen LogP contribution >= 0.6 is 0 Å². The lowest BCUT2D eigenvalue weighted by Crippen LogP contribution is -1.93. The monoisotopic (exact) mass is 176 g/mol. The van der Waals surface area contributed by atoms with E-state index < -0.39 is 0 Å². The average molecular weight is 176 g/mol. The van der Waals surface area contributed by atoms with Crippen LogP contribution < -0.4 is 0 Å². The molecule has 0 radical (unpaired) electrons. The molecule has 0 aromatic heterocycles. The number of allylic oxidation sites excluding steroid dienone is 1. The maximum atomic E-state index is 5.12. The van der Waals surface area contributed by atoms with Crippen LogP contribution in [0.15, 0.2) is 30.8 Å². The maximum Gasteiger partial charge on any atom is 0.0718 e. The molecule has 0 unspecified atom stereocenters. The summed E-state index contributed by atoms with van der Waals surface area (Å²) in [5.74, 6) is 0. The van der Waals surface area contributed by atoms with Crippen molar-refractivity contribution in [1.29, 1.82) is 0 Å². The number of hydrogen-bond donors (Lipinski definition) is 0. The van der Waals surface area contributed by atoms with Gasteiger partial charge in [0.2, 0.25) is 0 Å². The Kier molecular flexibility index (Phi) is 3.71. The number of rotatable bonds is 4. The summed E-state index contributed by atoms with van der Waals surface area (Å²) in [6.07, 6.45) is 0.987. The lowest BCUT2D eigenvalue weighted by atomic mass is 10.00. The van der Waals surface area contributed by atoms with E-state index in [-0.39, 0.29) is 0 Å². The van der Waals surface area contributed by atoms with Crippen LogP contribution in [0.25, 0.3) is 5.57 Å². The Morgan fingerprint density at radius 2 is 2.08 bits per heavy atom. The third-order valence-corrected chi connectivity index (χ3v) is 2.12. The van der Waals surface area contributed by atoms with E-state index in [9.17, 15) is 0 Å². The molecule has 0 aliphatic carbocycles. The Hall–Kier alpha value is -1.08. The predicted molar refractivity (Wildman–Crippen MR) is 56.5 cm³/mol. The van der Waals surface area contributed by atoms with Crippen LogP contribution in [0.4, 0.5) is 0 Å². The minimum absolute atomic E-state index is 0.662. The van der Waals surface area contributed by atoms with Crippen LogP contribution in [0, 0.1) is 0 Å². The Balaban J connectivity index is 2.97. The first-order chi connectivity index (χ1) is 6.29. The normalized spacial score (nSPS) is 10.0. The average Bonchev–Trinajstić information content (AvgIpc) is 2.18. The molecular formula is C12H16O. The van der Waals surface area contributed by atoms with Gasteiger partial charge in [0.05, 0.1) is 6.61 Å². The Morgan fingerprint density at radius 1 is 1.38 bits per heavy atom. The predicted octanol–water partition coefficient (Wildman–Crippen LogP) is 3.26. The van der Waals surface area contributed by atoms with Gasteiger partial charge in [-0.05, 0) is 23.1 Å². The van der Waals surface area contributed by atoms with E-state index in [0.717, 1.165) is 6.42 Å². The highest BCUT2D eigenvalue weighted by Crippen LogP contribution is 2.20. The fourth-order valence-corrected chi connectivity index (χ4v) is 1.34. The van der Waals surface area contributed by atoms with E-state index in [1.807, 2.05) is 12.1 Å². The van der Waals surface area contributed by atoms with Gasteiger partial charge in [-0.1, -0.05) is 37.8 Å². The molecule has 1 aromatic carbocycles. The van der Waals surface area contributed by atoms with Gasteiger partial charge < -0.3 is 4.74 Å². The van der Waals surface area contributed by atoms with Crippen LogP contribution in [0.5, 0.6) is 0 Å². The van der Waals surface area contributed by atoms with Crippen molar-refractivity contribution in [1.82, 2.24) is 0 Å². The number of methoxy groups -OCH3 is 1. The van der Waals surface area contributed by atoms with Crippen molar-refractivity contribution in [2.45, 2.75) is 20.0 Å². The standard InChI is InChI=1S/C12H16O/c1-4-10(2)12-8-6-5-7-11(12)9-13-3/h5-8H,2,4,9H2,1,3H3. The maximum absolute atomic E-state index is 5.12.